The SMILES string of the molecule is OC(C=C(c1ccccc1)n1nccn1)C1CC1. The molecule has 0 spiro atoms. The van der Waals surface area contributed by atoms with Crippen molar-refractivity contribution in [3.63, 3.8) is 0 Å². The fraction of sp³-hybridized carbons (Fsp3) is 0.286. The second-order valence-corrected chi connectivity index (χ2v) is 4.56. The van der Waals surface area contributed by atoms with Crippen molar-refractivity contribution in [3.8, 4) is 0 Å². The van der Waals surface area contributed by atoms with Gasteiger partial charge in [-0.15, -0.1) is 0 Å². The molecule has 4 nitrogen and oxygen atoms in total. The minimum Gasteiger partial charge on any atom is -0.389 e. The smallest absolute Gasteiger partial charge is 0.0914 e. The largest absolute Gasteiger partial charge is 0.389 e. The summed E-state index contributed by atoms with van der Waals surface area (Å²) in [5.74, 6) is 0.402. The van der Waals surface area contributed by atoms with Crippen molar-refractivity contribution >= 4 is 5.70 Å². The molecule has 0 bridgehead atoms. The summed E-state index contributed by atoms with van der Waals surface area (Å²) < 4.78 is 0. The van der Waals surface area contributed by atoms with E-state index in [1.54, 1.807) is 17.2 Å². The first-order valence-corrected chi connectivity index (χ1v) is 6.16. The summed E-state index contributed by atoms with van der Waals surface area (Å²) >= 11 is 0. The van der Waals surface area contributed by atoms with Crippen LogP contribution < -0.4 is 0 Å². The average Bonchev–Trinajstić information content (AvgIpc) is 3.13. The summed E-state index contributed by atoms with van der Waals surface area (Å²) in [6.07, 6.45) is 6.93. The van der Waals surface area contributed by atoms with Crippen LogP contribution in [0.4, 0.5) is 0 Å². The first-order chi connectivity index (χ1) is 8.84. The van der Waals surface area contributed by atoms with Crippen molar-refractivity contribution in [2.75, 3.05) is 0 Å². The lowest BCUT2D eigenvalue weighted by molar-refractivity contribution is 0.200. The molecule has 1 aromatic carbocycles. The molecule has 1 fully saturated rings. The lowest BCUT2D eigenvalue weighted by Gasteiger charge is -2.10. The molecule has 0 saturated heterocycles. The van der Waals surface area contributed by atoms with Crippen LogP contribution in [0.2, 0.25) is 0 Å². The Hall–Kier alpha value is -1.94. The van der Waals surface area contributed by atoms with Gasteiger partial charge in [0.25, 0.3) is 0 Å². The number of aromatic nitrogens is 3. The second-order valence-electron chi connectivity index (χ2n) is 4.56. The van der Waals surface area contributed by atoms with E-state index in [1.807, 2.05) is 36.4 Å². The molecular formula is C14H15N3O. The first-order valence-electron chi connectivity index (χ1n) is 6.16. The fourth-order valence-corrected chi connectivity index (χ4v) is 1.96. The van der Waals surface area contributed by atoms with Crippen LogP contribution in [0.25, 0.3) is 5.70 Å². The molecule has 1 saturated carbocycles. The highest BCUT2D eigenvalue weighted by Gasteiger charge is 2.29. The molecule has 1 unspecified atom stereocenters. The van der Waals surface area contributed by atoms with E-state index in [2.05, 4.69) is 10.2 Å². The van der Waals surface area contributed by atoms with Crippen molar-refractivity contribution in [1.82, 2.24) is 15.0 Å². The second kappa shape index (κ2) is 4.74. The summed E-state index contributed by atoms with van der Waals surface area (Å²) in [5, 5.41) is 18.4. The van der Waals surface area contributed by atoms with Gasteiger partial charge < -0.3 is 5.11 Å². The molecule has 0 radical (unpaired) electrons. The quantitative estimate of drug-likeness (QED) is 0.890. The maximum absolute atomic E-state index is 10.1. The Morgan fingerprint density at radius 1 is 1.22 bits per heavy atom. The topological polar surface area (TPSA) is 50.9 Å². The van der Waals surface area contributed by atoms with Crippen molar-refractivity contribution < 1.29 is 5.11 Å². The van der Waals surface area contributed by atoms with Gasteiger partial charge in [-0.05, 0) is 24.8 Å². The van der Waals surface area contributed by atoms with Crippen LogP contribution in [-0.2, 0) is 0 Å². The molecule has 4 heteroatoms. The molecule has 0 amide bonds. The Morgan fingerprint density at radius 3 is 2.50 bits per heavy atom. The van der Waals surface area contributed by atoms with Crippen LogP contribution in [0.1, 0.15) is 18.4 Å². The molecule has 2 aromatic rings. The van der Waals surface area contributed by atoms with Gasteiger partial charge >= 0.3 is 0 Å². The van der Waals surface area contributed by atoms with Crippen molar-refractivity contribution in [2.45, 2.75) is 18.9 Å². The molecule has 1 atom stereocenters. The maximum Gasteiger partial charge on any atom is 0.0914 e. The van der Waals surface area contributed by atoms with E-state index in [0.29, 0.717) is 5.92 Å². The zero-order valence-corrected chi connectivity index (χ0v) is 9.98. The molecule has 0 aliphatic heterocycles. The minimum atomic E-state index is -0.411. The van der Waals surface area contributed by atoms with E-state index in [4.69, 9.17) is 0 Å². The van der Waals surface area contributed by atoms with Crippen LogP contribution in [0, 0.1) is 5.92 Å². The zero-order chi connectivity index (χ0) is 12.4. The number of aliphatic hydroxyl groups excluding tert-OH is 1. The van der Waals surface area contributed by atoms with E-state index >= 15 is 0 Å². The van der Waals surface area contributed by atoms with E-state index in [1.165, 1.54) is 0 Å². The van der Waals surface area contributed by atoms with Gasteiger partial charge in [-0.1, -0.05) is 30.3 Å². The van der Waals surface area contributed by atoms with Crippen molar-refractivity contribution in [3.05, 3.63) is 54.4 Å². The molecule has 1 aromatic heterocycles. The van der Waals surface area contributed by atoms with Gasteiger partial charge in [-0.2, -0.15) is 15.0 Å². The van der Waals surface area contributed by atoms with E-state index in [0.717, 1.165) is 24.1 Å². The maximum atomic E-state index is 10.1. The molecule has 1 aliphatic rings. The number of aliphatic hydroxyl groups is 1. The normalized spacial score (nSPS) is 17.7. The van der Waals surface area contributed by atoms with Gasteiger partial charge in [0.2, 0.25) is 0 Å². The zero-order valence-electron chi connectivity index (χ0n) is 9.98. The Kier molecular flexibility index (Phi) is 2.94. The van der Waals surface area contributed by atoms with Gasteiger partial charge in [0, 0.05) is 5.56 Å². The highest BCUT2D eigenvalue weighted by atomic mass is 16.3. The summed E-state index contributed by atoms with van der Waals surface area (Å²) in [7, 11) is 0. The van der Waals surface area contributed by atoms with Gasteiger partial charge in [-0.3, -0.25) is 0 Å². The van der Waals surface area contributed by atoms with Crippen LogP contribution >= 0.6 is 0 Å². The monoisotopic (exact) mass is 241 g/mol. The number of nitrogens with zero attached hydrogens (tertiary/aromatic N) is 3. The summed E-state index contributed by atoms with van der Waals surface area (Å²) in [6.45, 7) is 0. The molecule has 1 N–H and O–H groups in total. The summed E-state index contributed by atoms with van der Waals surface area (Å²) in [4.78, 5) is 1.56. The minimum absolute atomic E-state index is 0.402. The number of hydrogen-bond acceptors (Lipinski definition) is 3. The lowest BCUT2D eigenvalue weighted by atomic mass is 10.1. The fourth-order valence-electron chi connectivity index (χ4n) is 1.96. The van der Waals surface area contributed by atoms with Crippen LogP contribution in [0.3, 0.4) is 0 Å². The van der Waals surface area contributed by atoms with Gasteiger partial charge in [0.05, 0.1) is 24.2 Å². The third-order valence-corrected chi connectivity index (χ3v) is 3.14. The Bertz CT molecular complexity index is 529. The predicted molar refractivity (Wildman–Crippen MR) is 68.6 cm³/mol. The van der Waals surface area contributed by atoms with Gasteiger partial charge in [0.1, 0.15) is 0 Å². The Balaban J connectivity index is 1.98. The van der Waals surface area contributed by atoms with Gasteiger partial charge in [-0.25, -0.2) is 0 Å². The van der Waals surface area contributed by atoms with Crippen LogP contribution in [-0.4, -0.2) is 26.2 Å². The first kappa shape index (κ1) is 11.2. The highest BCUT2D eigenvalue weighted by molar-refractivity contribution is 5.64. The third kappa shape index (κ3) is 2.33. The number of benzene rings is 1. The molecule has 1 aliphatic carbocycles. The summed E-state index contributed by atoms with van der Waals surface area (Å²) in [5.41, 5.74) is 1.84. The third-order valence-electron chi connectivity index (χ3n) is 3.14. The highest BCUT2D eigenvalue weighted by Crippen LogP contribution is 2.34. The molecule has 1 heterocycles. The number of rotatable bonds is 4. The number of hydrogen-bond donors (Lipinski definition) is 1. The van der Waals surface area contributed by atoms with Crippen LogP contribution in [0.15, 0.2) is 48.8 Å². The molecule has 18 heavy (non-hydrogen) atoms. The Labute approximate surface area is 106 Å². The van der Waals surface area contributed by atoms with Crippen molar-refractivity contribution in [1.29, 1.82) is 0 Å². The van der Waals surface area contributed by atoms with E-state index in [9.17, 15) is 5.11 Å². The molecule has 3 rings (SSSR count). The molecular weight excluding hydrogens is 226 g/mol. The average molecular weight is 241 g/mol. The Morgan fingerprint density at radius 2 is 1.89 bits per heavy atom. The van der Waals surface area contributed by atoms with E-state index in [-0.39, 0.29) is 0 Å². The van der Waals surface area contributed by atoms with Gasteiger partial charge in [0.15, 0.2) is 0 Å². The predicted octanol–water partition coefficient (Wildman–Crippen LogP) is 1.94. The standard InChI is InChI=1S/C14H15N3O/c18-14(12-6-7-12)10-13(17-15-8-9-16-17)11-4-2-1-3-5-11/h1-5,8-10,12,14,18H,6-7H2. The molecule has 92 valence electrons. The lowest BCUT2D eigenvalue weighted by Crippen LogP contribution is -2.10. The van der Waals surface area contributed by atoms with E-state index < -0.39 is 6.10 Å². The van der Waals surface area contributed by atoms with Crippen molar-refractivity contribution in [2.24, 2.45) is 5.92 Å². The summed E-state index contributed by atoms with van der Waals surface area (Å²) in [6, 6.07) is 9.89. The van der Waals surface area contributed by atoms with Crippen LogP contribution in [0.5, 0.6) is 0 Å².